The number of rotatable bonds is 13. The van der Waals surface area contributed by atoms with Crippen LogP contribution in [0.25, 0.3) is 16.7 Å². The number of anilines is 1. The molecule has 3 heterocycles. The number of likely N-dealkylation sites (tertiary alicyclic amines) is 1. The van der Waals surface area contributed by atoms with E-state index in [1.807, 2.05) is 58.9 Å². The number of benzene rings is 1. The Kier molecular flexibility index (Phi) is 10.1. The lowest BCUT2D eigenvalue weighted by Gasteiger charge is -2.35. The summed E-state index contributed by atoms with van der Waals surface area (Å²) in [5.41, 5.74) is 5.79. The van der Waals surface area contributed by atoms with Crippen molar-refractivity contribution in [3.63, 3.8) is 0 Å². The zero-order valence-electron chi connectivity index (χ0n) is 29.7. The highest BCUT2D eigenvalue weighted by atomic mass is 16.6. The first kappa shape index (κ1) is 35.2. The van der Waals surface area contributed by atoms with E-state index in [4.69, 9.17) is 29.7 Å². The summed E-state index contributed by atoms with van der Waals surface area (Å²) in [7, 11) is 1.61. The van der Waals surface area contributed by atoms with Crippen LogP contribution in [0.1, 0.15) is 60.3 Å². The van der Waals surface area contributed by atoms with Gasteiger partial charge in [-0.25, -0.2) is 14.5 Å². The molecule has 270 valence electrons. The quantitative estimate of drug-likeness (QED) is 0.222. The molecule has 6 atom stereocenters. The van der Waals surface area contributed by atoms with Crippen LogP contribution < -0.4 is 25.8 Å². The summed E-state index contributed by atoms with van der Waals surface area (Å²) >= 11 is 0. The number of methoxy groups -OCH3 is 1. The highest BCUT2D eigenvalue weighted by molar-refractivity contribution is 5.92. The molecule has 2 aromatic heterocycles. The Morgan fingerprint density at radius 3 is 2.46 bits per heavy atom. The Morgan fingerprint density at radius 2 is 1.78 bits per heavy atom. The third-order valence-corrected chi connectivity index (χ3v) is 9.56. The summed E-state index contributed by atoms with van der Waals surface area (Å²) in [6.07, 6.45) is 3.58. The summed E-state index contributed by atoms with van der Waals surface area (Å²) in [6, 6.07) is 7.46. The molecule has 0 radical (unpaired) electrons. The van der Waals surface area contributed by atoms with E-state index in [0.717, 1.165) is 12.8 Å². The van der Waals surface area contributed by atoms with Crippen molar-refractivity contribution in [3.05, 3.63) is 36.5 Å². The van der Waals surface area contributed by atoms with Crippen LogP contribution in [0.4, 0.5) is 10.6 Å². The van der Waals surface area contributed by atoms with Crippen LogP contribution in [-0.4, -0.2) is 94.8 Å². The maximum absolute atomic E-state index is 14.2. The third kappa shape index (κ3) is 8.06. The topological polar surface area (TPSA) is 172 Å². The van der Waals surface area contributed by atoms with Crippen molar-refractivity contribution in [1.29, 1.82) is 0 Å². The second-order valence-corrected chi connectivity index (χ2v) is 15.0. The zero-order valence-corrected chi connectivity index (χ0v) is 29.7. The minimum atomic E-state index is -0.954. The van der Waals surface area contributed by atoms with Crippen LogP contribution in [0.15, 0.2) is 36.5 Å². The lowest BCUT2D eigenvalue weighted by atomic mass is 9.85. The molecule has 3 aliphatic rings. The summed E-state index contributed by atoms with van der Waals surface area (Å²) in [6.45, 7) is 10.5. The standard InChI is InChI=1S/C36H49N7O7/c1-20(2)38-30-9-10-43(41-30)31-18-29(26-8-7-23(16-27(26)39-31)48-12-11-47-6)49-25-17-28(33(37)44)42(19-25)34(45)32(36(3,4)5)40-35(46)50-24-14-21-13-22(21)15-24/h7-10,16,18,20-22,24-25,28,32H,11-15,17,19H2,1-6H3,(H2,37,44)(H,38,41)(H,40,46)/t21-,22+,24+,25?,28-,32+/m0/s1. The second kappa shape index (κ2) is 14.3. The molecule has 0 bridgehead atoms. The SMILES string of the molecule is COCCOc1ccc2c(OC3C[C@@H](C(N)=O)N(C(=O)[C@@H](NC(=O)O[C@@H]4C[C@@H]5C[C@@H]5C4)C(C)(C)C)C3)cc(-n3ccc(NC(C)C)n3)nc2c1. The first-order valence-electron chi connectivity index (χ1n) is 17.4. The van der Waals surface area contributed by atoms with Crippen molar-refractivity contribution >= 4 is 34.6 Å². The molecule has 3 fully saturated rings. The number of fused-ring (bicyclic) bond motifs is 2. The molecular weight excluding hydrogens is 642 g/mol. The molecule has 0 spiro atoms. The molecule has 3 amide bonds. The van der Waals surface area contributed by atoms with E-state index < -0.39 is 41.5 Å². The smallest absolute Gasteiger partial charge is 0.408 e. The minimum Gasteiger partial charge on any atom is -0.491 e. The van der Waals surface area contributed by atoms with Gasteiger partial charge in [0, 0.05) is 49.4 Å². The number of amides is 3. The molecular formula is C36H49N7O7. The summed E-state index contributed by atoms with van der Waals surface area (Å²) in [5.74, 6) is 2.54. The van der Waals surface area contributed by atoms with E-state index >= 15 is 0 Å². The van der Waals surface area contributed by atoms with Gasteiger partial charge in [-0.1, -0.05) is 20.8 Å². The molecule has 3 aromatic rings. The maximum Gasteiger partial charge on any atom is 0.408 e. The summed E-state index contributed by atoms with van der Waals surface area (Å²) in [5, 5.41) is 11.5. The van der Waals surface area contributed by atoms with Gasteiger partial charge in [-0.05, 0) is 62.5 Å². The van der Waals surface area contributed by atoms with Crippen LogP contribution in [0.3, 0.4) is 0 Å². The molecule has 1 unspecified atom stereocenters. The number of aromatic nitrogens is 3. The van der Waals surface area contributed by atoms with E-state index in [1.165, 1.54) is 11.3 Å². The molecule has 1 saturated heterocycles. The zero-order chi connectivity index (χ0) is 35.7. The summed E-state index contributed by atoms with van der Waals surface area (Å²) < 4.78 is 24.9. The summed E-state index contributed by atoms with van der Waals surface area (Å²) in [4.78, 5) is 46.2. The van der Waals surface area contributed by atoms with Gasteiger partial charge in [0.2, 0.25) is 11.8 Å². The van der Waals surface area contributed by atoms with Crippen molar-refractivity contribution in [2.75, 3.05) is 32.2 Å². The molecule has 1 aliphatic heterocycles. The Morgan fingerprint density at radius 1 is 1.02 bits per heavy atom. The number of alkyl carbamates (subject to hydrolysis) is 1. The maximum atomic E-state index is 14.2. The van der Waals surface area contributed by atoms with Crippen LogP contribution >= 0.6 is 0 Å². The van der Waals surface area contributed by atoms with Gasteiger partial charge in [0.1, 0.15) is 48.2 Å². The molecule has 14 nitrogen and oxygen atoms in total. The largest absolute Gasteiger partial charge is 0.491 e. The highest BCUT2D eigenvalue weighted by Crippen LogP contribution is 2.52. The monoisotopic (exact) mass is 691 g/mol. The second-order valence-electron chi connectivity index (χ2n) is 15.0. The Balaban J connectivity index is 1.24. The number of hydrogen-bond donors (Lipinski definition) is 3. The number of nitrogens with two attached hydrogens (primary N) is 1. The molecule has 1 aromatic carbocycles. The third-order valence-electron chi connectivity index (χ3n) is 9.56. The van der Waals surface area contributed by atoms with Crippen molar-refractivity contribution in [1.82, 2.24) is 25.0 Å². The number of primary amides is 1. The predicted octanol–water partition coefficient (Wildman–Crippen LogP) is 4.04. The molecule has 2 saturated carbocycles. The van der Waals surface area contributed by atoms with Crippen molar-refractivity contribution in [3.8, 4) is 17.3 Å². The van der Waals surface area contributed by atoms with Crippen molar-refractivity contribution in [2.45, 2.75) is 90.6 Å². The number of nitrogens with one attached hydrogen (secondary N) is 2. The highest BCUT2D eigenvalue weighted by Gasteiger charge is 2.48. The lowest BCUT2D eigenvalue weighted by Crippen LogP contribution is -2.57. The number of hydrogen-bond acceptors (Lipinski definition) is 10. The first-order valence-corrected chi connectivity index (χ1v) is 17.4. The average molecular weight is 692 g/mol. The fraction of sp³-hybridized carbons (Fsp3) is 0.583. The molecule has 6 rings (SSSR count). The van der Waals surface area contributed by atoms with E-state index in [9.17, 15) is 14.4 Å². The van der Waals surface area contributed by atoms with Crippen LogP contribution in [0.5, 0.6) is 11.5 Å². The van der Waals surface area contributed by atoms with E-state index in [0.29, 0.717) is 59.1 Å². The van der Waals surface area contributed by atoms with Gasteiger partial charge in [0.15, 0.2) is 5.82 Å². The number of nitrogens with zero attached hydrogens (tertiary/aromatic N) is 4. The van der Waals surface area contributed by atoms with Gasteiger partial charge in [-0.15, -0.1) is 5.10 Å². The van der Waals surface area contributed by atoms with E-state index in [1.54, 1.807) is 24.1 Å². The predicted molar refractivity (Wildman–Crippen MR) is 186 cm³/mol. The fourth-order valence-corrected chi connectivity index (χ4v) is 6.98. The van der Waals surface area contributed by atoms with Gasteiger partial charge in [0.25, 0.3) is 0 Å². The number of pyridine rings is 1. The van der Waals surface area contributed by atoms with E-state index in [-0.39, 0.29) is 25.1 Å². The van der Waals surface area contributed by atoms with Gasteiger partial charge < -0.3 is 40.2 Å². The Bertz CT molecular complexity index is 1710. The molecule has 2 aliphatic carbocycles. The van der Waals surface area contributed by atoms with Crippen molar-refractivity contribution in [2.24, 2.45) is 23.0 Å². The van der Waals surface area contributed by atoms with Gasteiger partial charge >= 0.3 is 6.09 Å². The van der Waals surface area contributed by atoms with Crippen molar-refractivity contribution < 1.29 is 33.3 Å². The first-order chi connectivity index (χ1) is 23.8. The lowest BCUT2D eigenvalue weighted by molar-refractivity contribution is -0.141. The van der Waals surface area contributed by atoms with Crippen LogP contribution in [0, 0.1) is 17.3 Å². The van der Waals surface area contributed by atoms with Gasteiger partial charge in [-0.2, -0.15) is 0 Å². The van der Waals surface area contributed by atoms with Crippen LogP contribution in [0.2, 0.25) is 0 Å². The molecule has 4 N–H and O–H groups in total. The Hall–Kier alpha value is -4.59. The number of carbonyl (C=O) groups excluding carboxylic acids is 3. The van der Waals surface area contributed by atoms with Gasteiger partial charge in [-0.3, -0.25) is 9.59 Å². The Labute approximate surface area is 292 Å². The molecule has 14 heteroatoms. The average Bonchev–Trinajstić information content (AvgIpc) is 3.38. The normalized spacial score (nSPS) is 23.4. The van der Waals surface area contributed by atoms with Crippen LogP contribution in [-0.2, 0) is 19.1 Å². The van der Waals surface area contributed by atoms with E-state index in [2.05, 4.69) is 15.7 Å². The minimum absolute atomic E-state index is 0.0866. The molecule has 50 heavy (non-hydrogen) atoms. The fourth-order valence-electron chi connectivity index (χ4n) is 6.98. The van der Waals surface area contributed by atoms with Gasteiger partial charge in [0.05, 0.1) is 18.7 Å². The number of carbonyl (C=O) groups is 3. The number of ether oxygens (including phenoxy) is 4.